The number of aromatic nitrogens is 2. The summed E-state index contributed by atoms with van der Waals surface area (Å²) in [4.78, 5) is 0. The van der Waals surface area contributed by atoms with E-state index in [1.165, 1.54) is 0 Å². The first-order valence-electron chi connectivity index (χ1n) is 5.33. The number of ether oxygens (including phenoxy) is 1. The Morgan fingerprint density at radius 3 is 2.75 bits per heavy atom. The van der Waals surface area contributed by atoms with Crippen molar-refractivity contribution in [3.05, 3.63) is 23.9 Å². The second-order valence-electron chi connectivity index (χ2n) is 4.03. The van der Waals surface area contributed by atoms with Gasteiger partial charge in [0.1, 0.15) is 5.75 Å². The number of methoxy groups -OCH3 is 1. The zero-order chi connectivity index (χ0) is 11.7. The second-order valence-corrected chi connectivity index (χ2v) is 4.03. The molecule has 1 aromatic heterocycles. The Morgan fingerprint density at radius 1 is 1.44 bits per heavy atom. The monoisotopic (exact) mass is 220 g/mol. The van der Waals surface area contributed by atoms with Crippen molar-refractivity contribution >= 4 is 10.9 Å². The van der Waals surface area contributed by atoms with Gasteiger partial charge in [-0.2, -0.15) is 5.10 Å². The van der Waals surface area contributed by atoms with Crippen molar-refractivity contribution in [3.63, 3.8) is 0 Å². The highest BCUT2D eigenvalue weighted by atomic mass is 16.5. The van der Waals surface area contributed by atoms with Crippen LogP contribution in [0, 0.1) is 0 Å². The number of hydrogen-bond acceptors (Lipinski definition) is 3. The number of nitrogens with zero attached hydrogens (tertiary/aromatic N) is 2. The van der Waals surface area contributed by atoms with E-state index in [2.05, 4.69) is 5.10 Å². The van der Waals surface area contributed by atoms with Crippen molar-refractivity contribution in [1.29, 1.82) is 0 Å². The van der Waals surface area contributed by atoms with Crippen LogP contribution in [0.3, 0.4) is 0 Å². The van der Waals surface area contributed by atoms with E-state index in [9.17, 15) is 5.11 Å². The van der Waals surface area contributed by atoms with E-state index >= 15 is 0 Å². The number of benzene rings is 1. The molecule has 4 nitrogen and oxygen atoms in total. The number of aliphatic hydroxyl groups excluding tert-OH is 1. The quantitative estimate of drug-likeness (QED) is 0.861. The lowest BCUT2D eigenvalue weighted by atomic mass is 10.2. The molecule has 0 fully saturated rings. The minimum Gasteiger partial charge on any atom is -0.497 e. The molecule has 4 heteroatoms. The van der Waals surface area contributed by atoms with Crippen LogP contribution in [0.5, 0.6) is 5.75 Å². The lowest BCUT2D eigenvalue weighted by molar-refractivity contribution is 0.266. The Morgan fingerprint density at radius 2 is 2.19 bits per heavy atom. The van der Waals surface area contributed by atoms with Crippen LogP contribution in [-0.2, 0) is 6.61 Å². The van der Waals surface area contributed by atoms with E-state index in [0.717, 1.165) is 22.3 Å². The number of fused-ring (bicyclic) bond motifs is 1. The molecule has 0 atom stereocenters. The van der Waals surface area contributed by atoms with Gasteiger partial charge in [0.2, 0.25) is 0 Å². The van der Waals surface area contributed by atoms with Gasteiger partial charge < -0.3 is 9.84 Å². The number of hydrogen-bond donors (Lipinski definition) is 1. The molecule has 0 aliphatic rings. The van der Waals surface area contributed by atoms with E-state index in [1.54, 1.807) is 7.11 Å². The van der Waals surface area contributed by atoms with E-state index in [4.69, 9.17) is 4.74 Å². The zero-order valence-electron chi connectivity index (χ0n) is 9.77. The van der Waals surface area contributed by atoms with Gasteiger partial charge in [-0.05, 0) is 26.0 Å². The summed E-state index contributed by atoms with van der Waals surface area (Å²) in [6.45, 7) is 4.09. The number of aliphatic hydroxyl groups is 1. The molecule has 1 heterocycles. The van der Waals surface area contributed by atoms with Crippen LogP contribution >= 0.6 is 0 Å². The maximum Gasteiger partial charge on any atom is 0.121 e. The molecule has 0 bridgehead atoms. The fourth-order valence-electron chi connectivity index (χ4n) is 1.85. The molecule has 86 valence electrons. The Kier molecular flexibility index (Phi) is 2.83. The maximum absolute atomic E-state index is 9.39. The Hall–Kier alpha value is -1.55. The largest absolute Gasteiger partial charge is 0.497 e. The van der Waals surface area contributed by atoms with Crippen LogP contribution in [0.4, 0.5) is 0 Å². The van der Waals surface area contributed by atoms with Crippen molar-refractivity contribution < 1.29 is 9.84 Å². The molecule has 0 saturated heterocycles. The molecule has 1 aromatic carbocycles. The summed E-state index contributed by atoms with van der Waals surface area (Å²) in [6, 6.07) is 5.94. The minimum absolute atomic E-state index is 0.00100. The molecular formula is C12H16N2O2. The van der Waals surface area contributed by atoms with E-state index in [1.807, 2.05) is 36.7 Å². The molecule has 1 N–H and O–H groups in total. The van der Waals surface area contributed by atoms with Gasteiger partial charge in [0.05, 0.1) is 24.9 Å². The first-order chi connectivity index (χ1) is 7.67. The van der Waals surface area contributed by atoms with Crippen LogP contribution in [-0.4, -0.2) is 22.0 Å². The summed E-state index contributed by atoms with van der Waals surface area (Å²) >= 11 is 0. The molecular weight excluding hydrogens is 204 g/mol. The summed E-state index contributed by atoms with van der Waals surface area (Å²) in [7, 11) is 1.63. The third-order valence-electron chi connectivity index (χ3n) is 2.65. The van der Waals surface area contributed by atoms with E-state index in [0.29, 0.717) is 0 Å². The predicted octanol–water partition coefficient (Wildman–Crippen LogP) is 2.12. The molecule has 0 amide bonds. The molecule has 16 heavy (non-hydrogen) atoms. The molecule has 0 aliphatic heterocycles. The molecule has 0 spiro atoms. The van der Waals surface area contributed by atoms with Crippen LogP contribution in [0.25, 0.3) is 10.9 Å². The average molecular weight is 220 g/mol. The van der Waals surface area contributed by atoms with Gasteiger partial charge in [0.25, 0.3) is 0 Å². The van der Waals surface area contributed by atoms with Crippen LogP contribution in [0.2, 0.25) is 0 Å². The van der Waals surface area contributed by atoms with Crippen LogP contribution < -0.4 is 4.74 Å². The standard InChI is InChI=1S/C12H16N2O2/c1-8(2)14-12(7-15)10-5-4-9(16-3)6-11(10)13-14/h4-6,8,15H,7H2,1-3H3. The summed E-state index contributed by atoms with van der Waals surface area (Å²) in [6.07, 6.45) is 0. The Bertz CT molecular complexity index is 503. The van der Waals surface area contributed by atoms with E-state index in [-0.39, 0.29) is 12.6 Å². The maximum atomic E-state index is 9.39. The van der Waals surface area contributed by atoms with Gasteiger partial charge in [0.15, 0.2) is 0 Å². The first-order valence-corrected chi connectivity index (χ1v) is 5.33. The third-order valence-corrected chi connectivity index (χ3v) is 2.65. The lowest BCUT2D eigenvalue weighted by Crippen LogP contribution is -2.07. The van der Waals surface area contributed by atoms with Crippen molar-refractivity contribution in [2.45, 2.75) is 26.5 Å². The Balaban J connectivity index is 2.66. The average Bonchev–Trinajstić information content (AvgIpc) is 2.66. The number of rotatable bonds is 3. The minimum atomic E-state index is 0.00100. The van der Waals surface area contributed by atoms with Crippen molar-refractivity contribution in [3.8, 4) is 5.75 Å². The Labute approximate surface area is 94.5 Å². The van der Waals surface area contributed by atoms with Crippen LogP contribution in [0.15, 0.2) is 18.2 Å². The zero-order valence-corrected chi connectivity index (χ0v) is 9.77. The molecule has 0 saturated carbocycles. The highest BCUT2D eigenvalue weighted by molar-refractivity contribution is 5.82. The van der Waals surface area contributed by atoms with Crippen LogP contribution in [0.1, 0.15) is 25.6 Å². The first kappa shape index (κ1) is 11.0. The molecule has 0 radical (unpaired) electrons. The summed E-state index contributed by atoms with van der Waals surface area (Å²) in [5, 5.41) is 14.8. The highest BCUT2D eigenvalue weighted by Crippen LogP contribution is 2.25. The van der Waals surface area contributed by atoms with Gasteiger partial charge in [-0.25, -0.2) is 0 Å². The molecule has 2 aromatic rings. The topological polar surface area (TPSA) is 47.3 Å². The highest BCUT2D eigenvalue weighted by Gasteiger charge is 2.12. The third kappa shape index (κ3) is 1.65. The lowest BCUT2D eigenvalue weighted by Gasteiger charge is -2.08. The smallest absolute Gasteiger partial charge is 0.121 e. The predicted molar refractivity (Wildman–Crippen MR) is 62.6 cm³/mol. The molecule has 0 aliphatic carbocycles. The van der Waals surface area contributed by atoms with Gasteiger partial charge in [-0.1, -0.05) is 0 Å². The fourth-order valence-corrected chi connectivity index (χ4v) is 1.85. The molecule has 2 rings (SSSR count). The normalized spacial score (nSPS) is 11.3. The summed E-state index contributed by atoms with van der Waals surface area (Å²) in [5.41, 5.74) is 1.71. The van der Waals surface area contributed by atoms with Gasteiger partial charge >= 0.3 is 0 Å². The SMILES string of the molecule is COc1ccc2c(CO)n(C(C)C)nc2c1. The van der Waals surface area contributed by atoms with Crippen molar-refractivity contribution in [1.82, 2.24) is 9.78 Å². The summed E-state index contributed by atoms with van der Waals surface area (Å²) < 4.78 is 7.01. The van der Waals surface area contributed by atoms with E-state index < -0.39 is 0 Å². The molecule has 0 unspecified atom stereocenters. The van der Waals surface area contributed by atoms with Gasteiger partial charge in [-0.3, -0.25) is 4.68 Å². The second kappa shape index (κ2) is 4.14. The van der Waals surface area contributed by atoms with Gasteiger partial charge in [-0.15, -0.1) is 0 Å². The summed E-state index contributed by atoms with van der Waals surface area (Å²) in [5.74, 6) is 0.783. The fraction of sp³-hybridized carbons (Fsp3) is 0.417. The van der Waals surface area contributed by atoms with Gasteiger partial charge in [0, 0.05) is 17.5 Å². The van der Waals surface area contributed by atoms with Crippen molar-refractivity contribution in [2.24, 2.45) is 0 Å². The van der Waals surface area contributed by atoms with Crippen molar-refractivity contribution in [2.75, 3.05) is 7.11 Å².